The molecular weight excluding hydrogens is 227 g/mol. The van der Waals surface area contributed by atoms with Crippen LogP contribution in [0, 0.1) is 12.7 Å². The molecule has 0 saturated heterocycles. The van der Waals surface area contributed by atoms with Crippen LogP contribution in [-0.2, 0) is 0 Å². The Morgan fingerprint density at radius 3 is 2.62 bits per heavy atom. The van der Waals surface area contributed by atoms with Crippen molar-refractivity contribution in [1.82, 2.24) is 0 Å². The summed E-state index contributed by atoms with van der Waals surface area (Å²) in [6.07, 6.45) is 0. The third-order valence-corrected chi connectivity index (χ3v) is 2.68. The molecule has 0 heterocycles. The minimum Gasteiger partial charge on any atom is -0.507 e. The molecule has 82 valence electrons. The van der Waals surface area contributed by atoms with Crippen molar-refractivity contribution in [3.63, 3.8) is 0 Å². The summed E-state index contributed by atoms with van der Waals surface area (Å²) in [5.74, 6) is -0.338. The zero-order chi connectivity index (χ0) is 11.7. The molecular formula is C13H10ClFO. The molecule has 2 aromatic rings. The summed E-state index contributed by atoms with van der Waals surface area (Å²) in [4.78, 5) is 0. The highest BCUT2D eigenvalue weighted by molar-refractivity contribution is 6.31. The molecule has 0 saturated carbocycles. The number of hydrogen-bond acceptors (Lipinski definition) is 1. The van der Waals surface area contributed by atoms with Gasteiger partial charge in [0.15, 0.2) is 0 Å². The van der Waals surface area contributed by atoms with Gasteiger partial charge < -0.3 is 5.11 Å². The monoisotopic (exact) mass is 236 g/mol. The van der Waals surface area contributed by atoms with Crippen molar-refractivity contribution in [3.8, 4) is 16.9 Å². The molecule has 1 nitrogen and oxygen atoms in total. The van der Waals surface area contributed by atoms with Crippen LogP contribution in [0.15, 0.2) is 36.4 Å². The van der Waals surface area contributed by atoms with E-state index < -0.39 is 0 Å². The Hall–Kier alpha value is -1.54. The summed E-state index contributed by atoms with van der Waals surface area (Å²) in [7, 11) is 0. The van der Waals surface area contributed by atoms with Crippen molar-refractivity contribution in [1.29, 1.82) is 0 Å². The molecule has 16 heavy (non-hydrogen) atoms. The molecule has 2 aromatic carbocycles. The second kappa shape index (κ2) is 4.14. The average Bonchev–Trinajstić information content (AvgIpc) is 2.23. The van der Waals surface area contributed by atoms with Crippen LogP contribution in [-0.4, -0.2) is 5.11 Å². The Balaban J connectivity index is 2.72. The molecule has 0 radical (unpaired) electrons. The number of phenolic OH excluding ortho intramolecular Hbond substituents is 1. The first kappa shape index (κ1) is 11.0. The first-order chi connectivity index (χ1) is 7.59. The van der Waals surface area contributed by atoms with Gasteiger partial charge in [0, 0.05) is 16.1 Å². The maximum atomic E-state index is 13.7. The van der Waals surface area contributed by atoms with E-state index in [1.165, 1.54) is 12.1 Å². The molecule has 0 atom stereocenters. The van der Waals surface area contributed by atoms with Gasteiger partial charge >= 0.3 is 0 Å². The molecule has 0 fully saturated rings. The highest BCUT2D eigenvalue weighted by Crippen LogP contribution is 2.35. The van der Waals surface area contributed by atoms with Crippen LogP contribution in [0.1, 0.15) is 5.56 Å². The minimum absolute atomic E-state index is 0.0256. The van der Waals surface area contributed by atoms with Crippen molar-refractivity contribution in [2.75, 3.05) is 0 Å². The largest absolute Gasteiger partial charge is 0.507 e. The van der Waals surface area contributed by atoms with Gasteiger partial charge in [0.1, 0.15) is 11.6 Å². The minimum atomic E-state index is -0.363. The topological polar surface area (TPSA) is 20.2 Å². The quantitative estimate of drug-likeness (QED) is 0.788. The van der Waals surface area contributed by atoms with Gasteiger partial charge in [0.25, 0.3) is 0 Å². The Kier molecular flexibility index (Phi) is 2.84. The first-order valence-electron chi connectivity index (χ1n) is 4.83. The summed E-state index contributed by atoms with van der Waals surface area (Å²) in [5.41, 5.74) is 1.57. The number of benzene rings is 2. The second-order valence-corrected chi connectivity index (χ2v) is 4.03. The summed E-state index contributed by atoms with van der Waals surface area (Å²) < 4.78 is 13.7. The predicted octanol–water partition coefficient (Wildman–Crippen LogP) is 4.16. The van der Waals surface area contributed by atoms with Crippen molar-refractivity contribution in [2.45, 2.75) is 6.92 Å². The lowest BCUT2D eigenvalue weighted by molar-refractivity contribution is 0.476. The third-order valence-electron chi connectivity index (χ3n) is 2.45. The SMILES string of the molecule is Cc1cccc(F)c1-c1cc(Cl)ccc1O. The van der Waals surface area contributed by atoms with Crippen LogP contribution >= 0.6 is 11.6 Å². The van der Waals surface area contributed by atoms with Gasteiger partial charge in [0.2, 0.25) is 0 Å². The van der Waals surface area contributed by atoms with E-state index >= 15 is 0 Å². The third kappa shape index (κ3) is 1.89. The lowest BCUT2D eigenvalue weighted by Gasteiger charge is -2.09. The molecule has 0 unspecified atom stereocenters. The van der Waals surface area contributed by atoms with E-state index in [-0.39, 0.29) is 11.6 Å². The molecule has 0 aliphatic carbocycles. The van der Waals surface area contributed by atoms with Crippen LogP contribution in [0.5, 0.6) is 5.75 Å². The van der Waals surface area contributed by atoms with E-state index in [1.807, 2.05) is 0 Å². The molecule has 3 heteroatoms. The molecule has 0 aliphatic heterocycles. The van der Waals surface area contributed by atoms with Gasteiger partial charge in [-0.25, -0.2) is 4.39 Å². The number of aromatic hydroxyl groups is 1. The van der Waals surface area contributed by atoms with Gasteiger partial charge in [-0.3, -0.25) is 0 Å². The van der Waals surface area contributed by atoms with E-state index in [4.69, 9.17) is 11.6 Å². The summed E-state index contributed by atoms with van der Waals surface area (Å²) in [5, 5.41) is 10.2. The number of hydrogen-bond donors (Lipinski definition) is 1. The van der Waals surface area contributed by atoms with Crippen LogP contribution < -0.4 is 0 Å². The predicted molar refractivity (Wildman–Crippen MR) is 63.2 cm³/mol. The Morgan fingerprint density at radius 2 is 1.94 bits per heavy atom. The summed E-state index contributed by atoms with van der Waals surface area (Å²) in [6, 6.07) is 9.37. The molecule has 2 rings (SSSR count). The fourth-order valence-electron chi connectivity index (χ4n) is 1.68. The van der Waals surface area contributed by atoms with Crippen LogP contribution in [0.25, 0.3) is 11.1 Å². The van der Waals surface area contributed by atoms with Gasteiger partial charge in [-0.15, -0.1) is 0 Å². The molecule has 0 amide bonds. The average molecular weight is 237 g/mol. The van der Waals surface area contributed by atoms with E-state index in [1.54, 1.807) is 31.2 Å². The maximum Gasteiger partial charge on any atom is 0.131 e. The summed E-state index contributed by atoms with van der Waals surface area (Å²) in [6.45, 7) is 1.79. The fraction of sp³-hybridized carbons (Fsp3) is 0.0769. The zero-order valence-electron chi connectivity index (χ0n) is 8.67. The molecule has 1 N–H and O–H groups in total. The maximum absolute atomic E-state index is 13.7. The Labute approximate surface area is 98.1 Å². The Morgan fingerprint density at radius 1 is 1.19 bits per heavy atom. The van der Waals surface area contributed by atoms with Crippen LogP contribution in [0.2, 0.25) is 5.02 Å². The van der Waals surface area contributed by atoms with Gasteiger partial charge in [-0.05, 0) is 36.8 Å². The van der Waals surface area contributed by atoms with Crippen molar-refractivity contribution < 1.29 is 9.50 Å². The van der Waals surface area contributed by atoms with Crippen molar-refractivity contribution in [2.24, 2.45) is 0 Å². The summed E-state index contributed by atoms with van der Waals surface area (Å²) >= 11 is 5.84. The number of rotatable bonds is 1. The Bertz CT molecular complexity index is 517. The van der Waals surface area contributed by atoms with Crippen LogP contribution in [0.3, 0.4) is 0 Å². The molecule has 0 bridgehead atoms. The van der Waals surface area contributed by atoms with E-state index in [9.17, 15) is 9.50 Å². The fourth-order valence-corrected chi connectivity index (χ4v) is 1.85. The molecule has 0 aromatic heterocycles. The normalized spacial score (nSPS) is 10.4. The van der Waals surface area contributed by atoms with E-state index in [0.29, 0.717) is 16.1 Å². The van der Waals surface area contributed by atoms with Crippen molar-refractivity contribution in [3.05, 3.63) is 52.8 Å². The van der Waals surface area contributed by atoms with E-state index in [2.05, 4.69) is 0 Å². The lowest BCUT2D eigenvalue weighted by Crippen LogP contribution is -1.89. The van der Waals surface area contributed by atoms with Gasteiger partial charge in [0.05, 0.1) is 0 Å². The van der Waals surface area contributed by atoms with Gasteiger partial charge in [-0.2, -0.15) is 0 Å². The second-order valence-electron chi connectivity index (χ2n) is 3.59. The number of halogens is 2. The molecule has 0 spiro atoms. The first-order valence-corrected chi connectivity index (χ1v) is 5.21. The van der Waals surface area contributed by atoms with Crippen molar-refractivity contribution >= 4 is 11.6 Å². The zero-order valence-corrected chi connectivity index (χ0v) is 9.42. The van der Waals surface area contributed by atoms with Gasteiger partial charge in [-0.1, -0.05) is 23.7 Å². The highest BCUT2D eigenvalue weighted by atomic mass is 35.5. The number of phenols is 1. The van der Waals surface area contributed by atoms with E-state index in [0.717, 1.165) is 5.56 Å². The highest BCUT2D eigenvalue weighted by Gasteiger charge is 2.12. The van der Waals surface area contributed by atoms with Crippen LogP contribution in [0.4, 0.5) is 4.39 Å². The standard InChI is InChI=1S/C13H10ClFO/c1-8-3-2-4-11(15)13(8)10-7-9(14)5-6-12(10)16/h2-7,16H,1H3. The molecule has 0 aliphatic rings. The lowest BCUT2D eigenvalue weighted by atomic mass is 9.99. The number of aryl methyl sites for hydroxylation is 1. The smallest absolute Gasteiger partial charge is 0.131 e.